The SMILES string of the molecule is COc1cc(C2CCN(C)CC2)c2cc1Nc1ncc(Cl)c(n1)Nc1cc(ccc1N(C)S(C)(=O)=O)CC2. The quantitative estimate of drug-likeness (QED) is 0.467. The number of likely N-dealkylation sites (tertiary alicyclic amines) is 1. The highest BCUT2D eigenvalue weighted by Gasteiger charge is 2.24. The van der Waals surface area contributed by atoms with Gasteiger partial charge in [0.15, 0.2) is 5.82 Å². The fourth-order valence-electron chi connectivity index (χ4n) is 5.16. The molecule has 11 heteroatoms. The number of nitrogens with zero attached hydrogens (tertiary/aromatic N) is 4. The number of benzene rings is 2. The van der Waals surface area contributed by atoms with E-state index in [1.165, 1.54) is 34.9 Å². The van der Waals surface area contributed by atoms with Crippen LogP contribution in [-0.2, 0) is 22.9 Å². The van der Waals surface area contributed by atoms with Crippen LogP contribution in [0.4, 0.5) is 28.8 Å². The zero-order valence-corrected chi connectivity index (χ0v) is 23.7. The lowest BCUT2D eigenvalue weighted by Crippen LogP contribution is -2.29. The Bertz CT molecular complexity index is 1460. The summed E-state index contributed by atoms with van der Waals surface area (Å²) >= 11 is 6.46. The lowest BCUT2D eigenvalue weighted by Gasteiger charge is -2.31. The van der Waals surface area contributed by atoms with Crippen LogP contribution in [0.25, 0.3) is 0 Å². The van der Waals surface area contributed by atoms with Crippen molar-refractivity contribution in [2.75, 3.05) is 55.5 Å². The van der Waals surface area contributed by atoms with Gasteiger partial charge in [-0.3, -0.25) is 4.31 Å². The van der Waals surface area contributed by atoms with Crippen molar-refractivity contribution in [2.24, 2.45) is 0 Å². The Balaban J connectivity index is 1.63. The Hall–Kier alpha value is -3.08. The number of nitrogens with one attached hydrogen (secondary N) is 2. The van der Waals surface area contributed by atoms with Crippen molar-refractivity contribution in [1.82, 2.24) is 14.9 Å². The summed E-state index contributed by atoms with van der Waals surface area (Å²) in [5, 5.41) is 6.88. The maximum Gasteiger partial charge on any atom is 0.232 e. The van der Waals surface area contributed by atoms with Crippen LogP contribution in [0.2, 0.25) is 5.02 Å². The van der Waals surface area contributed by atoms with Gasteiger partial charge >= 0.3 is 0 Å². The van der Waals surface area contributed by atoms with Gasteiger partial charge in [-0.15, -0.1) is 0 Å². The first-order valence-electron chi connectivity index (χ1n) is 12.6. The first-order valence-corrected chi connectivity index (χ1v) is 14.9. The highest BCUT2D eigenvalue weighted by Crippen LogP contribution is 2.39. The van der Waals surface area contributed by atoms with Crippen LogP contribution >= 0.6 is 11.6 Å². The second-order valence-electron chi connectivity index (χ2n) is 10.1. The van der Waals surface area contributed by atoms with E-state index in [9.17, 15) is 8.42 Å². The average Bonchev–Trinajstić information content (AvgIpc) is 2.89. The maximum absolute atomic E-state index is 12.4. The fraction of sp³-hybridized carbons (Fsp3) is 0.407. The summed E-state index contributed by atoms with van der Waals surface area (Å²) < 4.78 is 31.8. The maximum atomic E-state index is 12.4. The number of aryl methyl sites for hydroxylation is 2. The monoisotopic (exact) mass is 556 g/mol. The highest BCUT2D eigenvalue weighted by atomic mass is 35.5. The Morgan fingerprint density at radius 2 is 1.87 bits per heavy atom. The van der Waals surface area contributed by atoms with E-state index in [-0.39, 0.29) is 0 Å². The third-order valence-corrected chi connectivity index (χ3v) is 8.91. The van der Waals surface area contributed by atoms with Crippen LogP contribution in [-0.4, -0.2) is 63.8 Å². The van der Waals surface area contributed by atoms with Crippen LogP contribution in [0.15, 0.2) is 36.5 Å². The van der Waals surface area contributed by atoms with E-state index in [4.69, 9.17) is 16.3 Å². The molecule has 38 heavy (non-hydrogen) atoms. The van der Waals surface area contributed by atoms with E-state index in [1.54, 1.807) is 7.11 Å². The Labute approximate surface area is 229 Å². The van der Waals surface area contributed by atoms with Crippen LogP contribution in [0.5, 0.6) is 5.75 Å². The van der Waals surface area contributed by atoms with E-state index in [0.29, 0.717) is 34.1 Å². The molecule has 2 aliphatic rings. The molecule has 0 radical (unpaired) electrons. The Kier molecular flexibility index (Phi) is 7.39. The molecule has 0 unspecified atom stereocenters. The van der Waals surface area contributed by atoms with Gasteiger partial charge in [-0.2, -0.15) is 4.98 Å². The third-order valence-electron chi connectivity index (χ3n) is 7.44. The van der Waals surface area contributed by atoms with Crippen LogP contribution in [0, 0.1) is 0 Å². The number of fused-ring (bicyclic) bond motifs is 6. The summed E-state index contributed by atoms with van der Waals surface area (Å²) in [5.41, 5.74) is 5.53. The molecule has 1 fully saturated rings. The van der Waals surface area contributed by atoms with Gasteiger partial charge in [-0.1, -0.05) is 17.7 Å². The molecule has 0 saturated carbocycles. The first kappa shape index (κ1) is 26.5. The van der Waals surface area contributed by atoms with Gasteiger partial charge in [-0.25, -0.2) is 13.4 Å². The third kappa shape index (κ3) is 5.52. The average molecular weight is 557 g/mol. The van der Waals surface area contributed by atoms with Gasteiger partial charge in [0.05, 0.1) is 36.6 Å². The number of methoxy groups -OCH3 is 1. The summed E-state index contributed by atoms with van der Waals surface area (Å²) in [5.74, 6) is 1.91. The molecule has 3 aromatic rings. The fourth-order valence-corrected chi connectivity index (χ4v) is 5.81. The van der Waals surface area contributed by atoms with Crippen molar-refractivity contribution in [3.63, 3.8) is 0 Å². The predicted octanol–water partition coefficient (Wildman–Crippen LogP) is 4.93. The number of halogens is 1. The number of aromatic nitrogens is 2. The molecule has 3 heterocycles. The molecule has 0 spiro atoms. The number of hydrogen-bond donors (Lipinski definition) is 2. The summed E-state index contributed by atoms with van der Waals surface area (Å²) in [6, 6.07) is 10.1. The van der Waals surface area contributed by atoms with Gasteiger partial charge in [0.2, 0.25) is 16.0 Å². The summed E-state index contributed by atoms with van der Waals surface area (Å²) in [7, 11) is 1.89. The topological polar surface area (TPSA) is 99.7 Å². The molecular weight excluding hydrogens is 524 g/mol. The second-order valence-corrected chi connectivity index (χ2v) is 12.5. The van der Waals surface area contributed by atoms with Crippen LogP contribution in [0.3, 0.4) is 0 Å². The van der Waals surface area contributed by atoms with Gasteiger partial charge in [0.25, 0.3) is 0 Å². The van der Waals surface area contributed by atoms with Crippen LogP contribution in [0.1, 0.15) is 35.4 Å². The molecule has 5 rings (SSSR count). The van der Waals surface area contributed by atoms with Crippen molar-refractivity contribution in [2.45, 2.75) is 31.6 Å². The van der Waals surface area contributed by atoms with E-state index < -0.39 is 10.0 Å². The molecule has 2 aliphatic heterocycles. The number of anilines is 5. The molecule has 2 aromatic carbocycles. The van der Waals surface area contributed by atoms with Crippen molar-refractivity contribution in [1.29, 1.82) is 0 Å². The largest absolute Gasteiger partial charge is 0.495 e. The number of piperidine rings is 1. The van der Waals surface area contributed by atoms with Crippen molar-refractivity contribution >= 4 is 50.5 Å². The van der Waals surface area contributed by atoms with Gasteiger partial charge < -0.3 is 20.3 Å². The molecule has 9 nitrogen and oxygen atoms in total. The standard InChI is InChI=1S/C27H33ClN6O3S/c1-33-11-9-18(10-12-33)20-15-25(37-3)23-14-19(20)7-5-17-6-8-24(34(2)38(4,35)36)22(13-17)30-26-21(28)16-29-27(31-23)32-26/h6,8,13-16,18H,5,7,9-12H2,1-4H3,(H2,29,30,31,32). The minimum Gasteiger partial charge on any atom is -0.495 e. The van der Waals surface area contributed by atoms with E-state index in [0.717, 1.165) is 55.8 Å². The van der Waals surface area contributed by atoms with E-state index in [2.05, 4.69) is 44.7 Å². The molecule has 202 valence electrons. The van der Waals surface area contributed by atoms with E-state index in [1.807, 2.05) is 18.2 Å². The summed E-state index contributed by atoms with van der Waals surface area (Å²) in [4.78, 5) is 11.4. The molecule has 1 aromatic heterocycles. The predicted molar refractivity (Wildman–Crippen MR) is 153 cm³/mol. The van der Waals surface area contributed by atoms with Crippen LogP contribution < -0.4 is 19.7 Å². The summed E-state index contributed by atoms with van der Waals surface area (Å²) in [6.07, 6.45) is 6.49. The zero-order valence-electron chi connectivity index (χ0n) is 22.1. The van der Waals surface area contributed by atoms with Gasteiger partial charge in [0.1, 0.15) is 10.8 Å². The molecule has 0 amide bonds. The minimum absolute atomic E-state index is 0.314. The smallest absolute Gasteiger partial charge is 0.232 e. The molecule has 6 bridgehead atoms. The van der Waals surface area contributed by atoms with E-state index >= 15 is 0 Å². The molecule has 0 aliphatic carbocycles. The second kappa shape index (κ2) is 10.6. The summed E-state index contributed by atoms with van der Waals surface area (Å²) in [6.45, 7) is 2.14. The molecular formula is C27H33ClN6O3S. The highest BCUT2D eigenvalue weighted by molar-refractivity contribution is 7.92. The number of sulfonamides is 1. The Morgan fingerprint density at radius 3 is 2.58 bits per heavy atom. The first-order chi connectivity index (χ1) is 18.1. The lowest BCUT2D eigenvalue weighted by atomic mass is 9.84. The van der Waals surface area contributed by atoms with Crippen molar-refractivity contribution in [3.05, 3.63) is 58.2 Å². The zero-order chi connectivity index (χ0) is 27.0. The van der Waals surface area contributed by atoms with Crippen molar-refractivity contribution in [3.8, 4) is 5.75 Å². The number of ether oxygens (including phenoxy) is 1. The van der Waals surface area contributed by atoms with Gasteiger partial charge in [0, 0.05) is 7.05 Å². The lowest BCUT2D eigenvalue weighted by molar-refractivity contribution is 0.254. The minimum atomic E-state index is -3.48. The Morgan fingerprint density at radius 1 is 1.11 bits per heavy atom. The molecule has 2 N–H and O–H groups in total. The van der Waals surface area contributed by atoms with Gasteiger partial charge in [-0.05, 0) is 92.7 Å². The number of rotatable bonds is 4. The molecule has 1 saturated heterocycles. The normalized spacial score (nSPS) is 16.3. The van der Waals surface area contributed by atoms with Crippen molar-refractivity contribution < 1.29 is 13.2 Å². The number of hydrogen-bond acceptors (Lipinski definition) is 8. The molecule has 0 atom stereocenters.